The number of ether oxygens (including phenoxy) is 1. The minimum atomic E-state index is -1.03. The molecule has 4 rings (SSSR count). The molecule has 2 atom stereocenters. The largest absolute Gasteiger partial charge is 0.497 e. The van der Waals surface area contributed by atoms with E-state index in [-0.39, 0.29) is 5.92 Å². The van der Waals surface area contributed by atoms with E-state index in [1.54, 1.807) is 7.11 Å². The summed E-state index contributed by atoms with van der Waals surface area (Å²) >= 11 is 0. The maximum Gasteiger partial charge on any atom is 0.118 e. The van der Waals surface area contributed by atoms with Crippen molar-refractivity contribution in [2.24, 2.45) is 5.92 Å². The molecule has 3 nitrogen and oxygen atoms in total. The second kappa shape index (κ2) is 9.62. The summed E-state index contributed by atoms with van der Waals surface area (Å²) in [6, 6.07) is 26.9. The van der Waals surface area contributed by atoms with Crippen LogP contribution in [0.25, 0.3) is 6.08 Å². The van der Waals surface area contributed by atoms with Crippen molar-refractivity contribution < 1.29 is 9.84 Å². The summed E-state index contributed by atoms with van der Waals surface area (Å²) in [6.45, 7) is 2.87. The van der Waals surface area contributed by atoms with Gasteiger partial charge in [-0.2, -0.15) is 0 Å². The van der Waals surface area contributed by atoms with Crippen LogP contribution >= 0.6 is 0 Å². The second-order valence-electron chi connectivity index (χ2n) is 8.88. The van der Waals surface area contributed by atoms with E-state index in [4.69, 9.17) is 4.74 Å². The van der Waals surface area contributed by atoms with Gasteiger partial charge in [0, 0.05) is 25.2 Å². The van der Waals surface area contributed by atoms with E-state index in [1.165, 1.54) is 11.3 Å². The van der Waals surface area contributed by atoms with E-state index in [2.05, 4.69) is 73.5 Å². The molecule has 1 aliphatic carbocycles. The molecule has 1 fully saturated rings. The quantitative estimate of drug-likeness (QED) is 0.507. The molecular formula is C29H33NO2. The lowest BCUT2D eigenvalue weighted by Gasteiger charge is -2.44. The number of anilines is 1. The smallest absolute Gasteiger partial charge is 0.118 e. The highest BCUT2D eigenvalue weighted by atomic mass is 16.5. The molecule has 2 unspecified atom stereocenters. The van der Waals surface area contributed by atoms with Gasteiger partial charge >= 0.3 is 0 Å². The van der Waals surface area contributed by atoms with Crippen molar-refractivity contribution in [2.75, 3.05) is 25.6 Å². The van der Waals surface area contributed by atoms with Gasteiger partial charge < -0.3 is 14.7 Å². The summed E-state index contributed by atoms with van der Waals surface area (Å²) in [6.07, 6.45) is 5.13. The van der Waals surface area contributed by atoms with Crippen LogP contribution in [0, 0.1) is 12.8 Å². The predicted molar refractivity (Wildman–Crippen MR) is 133 cm³/mol. The van der Waals surface area contributed by atoms with Gasteiger partial charge in [0.2, 0.25) is 0 Å². The average Bonchev–Trinajstić information content (AvgIpc) is 2.83. The molecule has 32 heavy (non-hydrogen) atoms. The number of aliphatic hydroxyl groups is 1. The molecule has 0 heterocycles. The Morgan fingerprint density at radius 2 is 1.69 bits per heavy atom. The number of benzene rings is 3. The number of aryl methyl sites for hydroxylation is 1. The topological polar surface area (TPSA) is 32.7 Å². The highest BCUT2D eigenvalue weighted by molar-refractivity contribution is 5.58. The molecular weight excluding hydrogens is 394 g/mol. The lowest BCUT2D eigenvalue weighted by molar-refractivity contribution is -0.00395. The molecule has 0 aliphatic heterocycles. The van der Waals surface area contributed by atoms with Gasteiger partial charge in [-0.3, -0.25) is 0 Å². The van der Waals surface area contributed by atoms with Crippen molar-refractivity contribution >= 4 is 11.8 Å². The number of hydrogen-bond donors (Lipinski definition) is 1. The summed E-state index contributed by atoms with van der Waals surface area (Å²) < 4.78 is 5.37. The Morgan fingerprint density at radius 3 is 2.34 bits per heavy atom. The number of methoxy groups -OCH3 is 1. The van der Waals surface area contributed by atoms with E-state index < -0.39 is 5.60 Å². The third-order valence-corrected chi connectivity index (χ3v) is 6.72. The average molecular weight is 428 g/mol. The maximum absolute atomic E-state index is 12.4. The maximum atomic E-state index is 12.4. The standard InChI is InChI=1S/C29H33NO2/c1-22-12-14-23(15-13-22)20-25-8-7-9-26(21-30(2)27-10-5-4-6-11-27)29(25,31)24-16-18-28(32-3)19-17-24/h4-6,10-20,26,31H,7-9,21H2,1-3H3/b25-20+. The summed E-state index contributed by atoms with van der Waals surface area (Å²) in [4.78, 5) is 2.26. The van der Waals surface area contributed by atoms with Crippen molar-refractivity contribution in [3.05, 3.63) is 101 Å². The summed E-state index contributed by atoms with van der Waals surface area (Å²) in [5, 5.41) is 12.4. The van der Waals surface area contributed by atoms with Crippen LogP contribution in [0.1, 0.15) is 36.0 Å². The summed E-state index contributed by atoms with van der Waals surface area (Å²) in [7, 11) is 3.78. The van der Waals surface area contributed by atoms with Gasteiger partial charge in [-0.05, 0) is 67.2 Å². The van der Waals surface area contributed by atoms with Gasteiger partial charge in [0.15, 0.2) is 0 Å². The fourth-order valence-corrected chi connectivity index (χ4v) is 4.85. The normalized spacial score (nSPS) is 22.0. The van der Waals surface area contributed by atoms with Crippen LogP contribution in [0.5, 0.6) is 5.75 Å². The van der Waals surface area contributed by atoms with Crippen molar-refractivity contribution in [3.8, 4) is 5.75 Å². The first-order valence-electron chi connectivity index (χ1n) is 11.4. The zero-order valence-corrected chi connectivity index (χ0v) is 19.3. The minimum absolute atomic E-state index is 0.0755. The molecule has 3 aromatic rings. The number of hydrogen-bond acceptors (Lipinski definition) is 3. The second-order valence-corrected chi connectivity index (χ2v) is 8.88. The Morgan fingerprint density at radius 1 is 1.00 bits per heavy atom. The van der Waals surface area contributed by atoms with Gasteiger partial charge in [-0.25, -0.2) is 0 Å². The van der Waals surface area contributed by atoms with Crippen LogP contribution < -0.4 is 9.64 Å². The number of nitrogens with zero attached hydrogens (tertiary/aromatic N) is 1. The number of rotatable bonds is 6. The molecule has 0 radical (unpaired) electrons. The van der Waals surface area contributed by atoms with E-state index in [1.807, 2.05) is 30.3 Å². The van der Waals surface area contributed by atoms with Crippen LogP contribution in [-0.2, 0) is 5.60 Å². The van der Waals surface area contributed by atoms with Gasteiger partial charge in [0.25, 0.3) is 0 Å². The van der Waals surface area contributed by atoms with Gasteiger partial charge in [-0.15, -0.1) is 0 Å². The zero-order valence-electron chi connectivity index (χ0n) is 19.3. The van der Waals surface area contributed by atoms with E-state index in [0.29, 0.717) is 0 Å². The van der Waals surface area contributed by atoms with Crippen molar-refractivity contribution in [3.63, 3.8) is 0 Å². The van der Waals surface area contributed by atoms with Gasteiger partial charge in [0.05, 0.1) is 7.11 Å². The SMILES string of the molecule is COc1ccc(C2(O)/C(=C/c3ccc(C)cc3)CCCC2CN(C)c2ccccc2)cc1. The summed E-state index contributed by atoms with van der Waals surface area (Å²) in [5.74, 6) is 0.877. The Labute approximate surface area is 192 Å². The Hall–Kier alpha value is -3.04. The highest BCUT2D eigenvalue weighted by Gasteiger charge is 2.44. The monoisotopic (exact) mass is 427 g/mol. The van der Waals surface area contributed by atoms with Gasteiger partial charge in [-0.1, -0.05) is 66.2 Å². The lowest BCUT2D eigenvalue weighted by atomic mass is 9.67. The lowest BCUT2D eigenvalue weighted by Crippen LogP contribution is -2.45. The third kappa shape index (κ3) is 4.58. The molecule has 3 aromatic carbocycles. The third-order valence-electron chi connectivity index (χ3n) is 6.72. The first-order chi connectivity index (χ1) is 15.5. The van der Waals surface area contributed by atoms with Crippen LogP contribution in [0.4, 0.5) is 5.69 Å². The molecule has 3 heteroatoms. The molecule has 166 valence electrons. The molecule has 0 saturated heterocycles. The van der Waals surface area contributed by atoms with Crippen molar-refractivity contribution in [2.45, 2.75) is 31.8 Å². The van der Waals surface area contributed by atoms with Crippen molar-refractivity contribution in [1.82, 2.24) is 0 Å². The van der Waals surface area contributed by atoms with Crippen LogP contribution in [0.15, 0.2) is 84.4 Å². The van der Waals surface area contributed by atoms with Crippen LogP contribution in [0.2, 0.25) is 0 Å². The molecule has 1 saturated carbocycles. The predicted octanol–water partition coefficient (Wildman–Crippen LogP) is 6.21. The fraction of sp³-hybridized carbons (Fsp3) is 0.310. The zero-order chi connectivity index (χ0) is 22.6. The van der Waals surface area contributed by atoms with Crippen LogP contribution in [-0.4, -0.2) is 25.8 Å². The van der Waals surface area contributed by atoms with Crippen LogP contribution in [0.3, 0.4) is 0 Å². The molecule has 1 aliphatic rings. The van der Waals surface area contributed by atoms with Crippen molar-refractivity contribution in [1.29, 1.82) is 0 Å². The molecule has 0 aromatic heterocycles. The van der Waals surface area contributed by atoms with Gasteiger partial charge in [0.1, 0.15) is 11.4 Å². The first kappa shape index (κ1) is 22.2. The van der Waals surface area contributed by atoms with E-state index >= 15 is 0 Å². The molecule has 0 spiro atoms. The van der Waals surface area contributed by atoms with E-state index in [0.717, 1.165) is 48.3 Å². The summed E-state index contributed by atoms with van der Waals surface area (Å²) in [5.41, 5.74) is 4.53. The Bertz CT molecular complexity index is 1040. The Balaban J connectivity index is 1.74. The highest BCUT2D eigenvalue weighted by Crippen LogP contribution is 2.47. The number of para-hydroxylation sites is 1. The molecule has 1 N–H and O–H groups in total. The fourth-order valence-electron chi connectivity index (χ4n) is 4.85. The van der Waals surface area contributed by atoms with E-state index in [9.17, 15) is 5.11 Å². The molecule has 0 bridgehead atoms. The minimum Gasteiger partial charge on any atom is -0.497 e. The first-order valence-corrected chi connectivity index (χ1v) is 11.4. The Kier molecular flexibility index (Phi) is 6.66. The molecule has 0 amide bonds.